The molecule has 0 fully saturated rings. The predicted octanol–water partition coefficient (Wildman–Crippen LogP) is 1.01. The molecule has 2 amide bonds. The van der Waals surface area contributed by atoms with E-state index < -0.39 is 11.7 Å². The molecule has 0 saturated carbocycles. The van der Waals surface area contributed by atoms with E-state index in [2.05, 4.69) is 16.0 Å². The van der Waals surface area contributed by atoms with Crippen LogP contribution < -0.4 is 16.0 Å². The number of rotatable bonds is 6. The monoisotopic (exact) mass is 273 g/mol. The summed E-state index contributed by atoms with van der Waals surface area (Å²) in [6.07, 6.45) is -0.450. The zero-order valence-electron chi connectivity index (χ0n) is 12.8. The molecule has 0 aromatic carbocycles. The van der Waals surface area contributed by atoms with Gasteiger partial charge in [-0.3, -0.25) is 4.79 Å². The first-order chi connectivity index (χ1) is 8.61. The first-order valence-corrected chi connectivity index (χ1v) is 6.62. The Kier molecular flexibility index (Phi) is 7.44. The summed E-state index contributed by atoms with van der Waals surface area (Å²) in [5.41, 5.74) is -0.498. The van der Waals surface area contributed by atoms with Gasteiger partial charge < -0.3 is 20.7 Å². The van der Waals surface area contributed by atoms with E-state index in [1.807, 2.05) is 34.6 Å². The molecule has 6 nitrogen and oxygen atoms in total. The van der Waals surface area contributed by atoms with Gasteiger partial charge in [-0.25, -0.2) is 4.79 Å². The molecule has 3 N–H and O–H groups in total. The summed E-state index contributed by atoms with van der Waals surface area (Å²) in [7, 11) is 0. The van der Waals surface area contributed by atoms with E-state index >= 15 is 0 Å². The Balaban J connectivity index is 3.74. The van der Waals surface area contributed by atoms with Crippen LogP contribution in [0.5, 0.6) is 0 Å². The number of hydrogen-bond donors (Lipinski definition) is 3. The highest BCUT2D eigenvalue weighted by Crippen LogP contribution is 2.05. The molecule has 0 aliphatic heterocycles. The van der Waals surface area contributed by atoms with Gasteiger partial charge in [0.05, 0.1) is 6.04 Å². The maximum absolute atomic E-state index is 11.6. The second-order valence-electron chi connectivity index (χ2n) is 5.77. The number of nitrogens with one attached hydrogen (secondary N) is 3. The molecule has 0 rings (SSSR count). The second-order valence-corrected chi connectivity index (χ2v) is 5.77. The van der Waals surface area contributed by atoms with Gasteiger partial charge in [-0.2, -0.15) is 0 Å². The minimum absolute atomic E-state index is 0.0488. The summed E-state index contributed by atoms with van der Waals surface area (Å²) >= 11 is 0. The zero-order chi connectivity index (χ0) is 15.1. The number of amides is 2. The van der Waals surface area contributed by atoms with Gasteiger partial charge in [0.25, 0.3) is 0 Å². The molecule has 0 aliphatic carbocycles. The first-order valence-electron chi connectivity index (χ1n) is 6.62. The zero-order valence-corrected chi connectivity index (χ0v) is 12.8. The third-order valence-electron chi connectivity index (χ3n) is 2.07. The fraction of sp³-hybridized carbons (Fsp3) is 0.846. The SMILES string of the molecule is CC(C)NC(=O)C(C)NCCNC(=O)OC(C)(C)C. The van der Waals surface area contributed by atoms with E-state index in [0.717, 1.165) is 0 Å². The van der Waals surface area contributed by atoms with Crippen molar-refractivity contribution < 1.29 is 14.3 Å². The molecular weight excluding hydrogens is 246 g/mol. The van der Waals surface area contributed by atoms with Crippen molar-refractivity contribution in [3.63, 3.8) is 0 Å². The normalized spacial score (nSPS) is 13.0. The summed E-state index contributed by atoms with van der Waals surface area (Å²) in [6.45, 7) is 11.9. The Morgan fingerprint density at radius 1 is 1.11 bits per heavy atom. The number of carbonyl (C=O) groups excluding carboxylic acids is 2. The van der Waals surface area contributed by atoms with Gasteiger partial charge in [0.15, 0.2) is 0 Å². The highest BCUT2D eigenvalue weighted by Gasteiger charge is 2.16. The molecule has 0 radical (unpaired) electrons. The second kappa shape index (κ2) is 7.99. The standard InChI is InChI=1S/C13H27N3O3/c1-9(2)16-11(17)10(3)14-7-8-15-12(18)19-13(4,5)6/h9-10,14H,7-8H2,1-6H3,(H,15,18)(H,16,17). The Bertz CT molecular complexity index is 298. The molecular formula is C13H27N3O3. The van der Waals surface area contributed by atoms with E-state index in [1.54, 1.807) is 6.92 Å². The van der Waals surface area contributed by atoms with Gasteiger partial charge in [0.2, 0.25) is 5.91 Å². The molecule has 1 atom stereocenters. The van der Waals surface area contributed by atoms with Gasteiger partial charge in [0, 0.05) is 19.1 Å². The largest absolute Gasteiger partial charge is 0.444 e. The van der Waals surface area contributed by atoms with Gasteiger partial charge in [-0.1, -0.05) is 0 Å². The summed E-state index contributed by atoms with van der Waals surface area (Å²) in [4.78, 5) is 22.9. The van der Waals surface area contributed by atoms with E-state index in [0.29, 0.717) is 13.1 Å². The van der Waals surface area contributed by atoms with Gasteiger partial charge >= 0.3 is 6.09 Å². The van der Waals surface area contributed by atoms with E-state index in [9.17, 15) is 9.59 Å². The van der Waals surface area contributed by atoms with Crippen LogP contribution in [0.25, 0.3) is 0 Å². The summed E-state index contributed by atoms with van der Waals surface area (Å²) < 4.78 is 5.09. The molecule has 0 heterocycles. The van der Waals surface area contributed by atoms with Crippen molar-refractivity contribution in [2.24, 2.45) is 0 Å². The van der Waals surface area contributed by atoms with E-state index in [1.165, 1.54) is 0 Å². The van der Waals surface area contributed by atoms with Crippen LogP contribution >= 0.6 is 0 Å². The average Bonchev–Trinajstić information content (AvgIpc) is 2.20. The van der Waals surface area contributed by atoms with E-state index in [-0.39, 0.29) is 18.0 Å². The Hall–Kier alpha value is -1.30. The highest BCUT2D eigenvalue weighted by molar-refractivity contribution is 5.81. The topological polar surface area (TPSA) is 79.5 Å². The fourth-order valence-corrected chi connectivity index (χ4v) is 1.27. The predicted molar refractivity (Wildman–Crippen MR) is 75.0 cm³/mol. The summed E-state index contributed by atoms with van der Waals surface area (Å²) in [5, 5.41) is 8.45. The minimum atomic E-state index is -0.498. The van der Waals surface area contributed by atoms with Crippen molar-refractivity contribution >= 4 is 12.0 Å². The maximum atomic E-state index is 11.6. The van der Waals surface area contributed by atoms with Crippen molar-refractivity contribution in [3.8, 4) is 0 Å². The lowest BCUT2D eigenvalue weighted by Gasteiger charge is -2.20. The molecule has 0 spiro atoms. The van der Waals surface area contributed by atoms with Gasteiger partial charge in [0.1, 0.15) is 5.60 Å². The molecule has 0 saturated heterocycles. The van der Waals surface area contributed by atoms with Crippen LogP contribution in [-0.4, -0.2) is 42.8 Å². The van der Waals surface area contributed by atoms with Crippen molar-refractivity contribution in [2.45, 2.75) is 59.2 Å². The van der Waals surface area contributed by atoms with Crippen LogP contribution in [0.4, 0.5) is 4.79 Å². The summed E-state index contributed by atoms with van der Waals surface area (Å²) in [6, 6.07) is -0.167. The first kappa shape index (κ1) is 17.7. The van der Waals surface area contributed by atoms with Crippen LogP contribution in [-0.2, 0) is 9.53 Å². The Morgan fingerprint density at radius 3 is 2.16 bits per heavy atom. The summed E-state index contributed by atoms with van der Waals surface area (Å²) in [5.74, 6) is -0.0488. The molecule has 0 aliphatic rings. The van der Waals surface area contributed by atoms with Crippen LogP contribution in [0.2, 0.25) is 0 Å². The number of hydrogen-bond acceptors (Lipinski definition) is 4. The molecule has 19 heavy (non-hydrogen) atoms. The molecule has 112 valence electrons. The third kappa shape index (κ3) is 10.3. The van der Waals surface area contributed by atoms with Crippen molar-refractivity contribution in [1.82, 2.24) is 16.0 Å². The van der Waals surface area contributed by atoms with E-state index in [4.69, 9.17) is 4.74 Å². The van der Waals surface area contributed by atoms with Crippen LogP contribution in [0.3, 0.4) is 0 Å². The number of ether oxygens (including phenoxy) is 1. The number of carbonyl (C=O) groups is 2. The van der Waals surface area contributed by atoms with Crippen molar-refractivity contribution in [3.05, 3.63) is 0 Å². The maximum Gasteiger partial charge on any atom is 0.407 e. The van der Waals surface area contributed by atoms with Crippen molar-refractivity contribution in [1.29, 1.82) is 0 Å². The molecule has 6 heteroatoms. The number of alkyl carbamates (subject to hydrolysis) is 1. The molecule has 1 unspecified atom stereocenters. The van der Waals surface area contributed by atoms with Crippen LogP contribution in [0.15, 0.2) is 0 Å². The molecule has 0 aromatic heterocycles. The average molecular weight is 273 g/mol. The Morgan fingerprint density at radius 2 is 1.68 bits per heavy atom. The smallest absolute Gasteiger partial charge is 0.407 e. The Labute approximate surface area is 115 Å². The minimum Gasteiger partial charge on any atom is -0.444 e. The lowest BCUT2D eigenvalue weighted by molar-refractivity contribution is -0.123. The quantitative estimate of drug-likeness (QED) is 0.631. The highest BCUT2D eigenvalue weighted by atomic mass is 16.6. The molecule has 0 bridgehead atoms. The third-order valence-corrected chi connectivity index (χ3v) is 2.07. The fourth-order valence-electron chi connectivity index (χ4n) is 1.27. The van der Waals surface area contributed by atoms with Crippen LogP contribution in [0.1, 0.15) is 41.5 Å². The lowest BCUT2D eigenvalue weighted by atomic mass is 10.2. The molecule has 0 aromatic rings. The lowest BCUT2D eigenvalue weighted by Crippen LogP contribution is -2.46. The van der Waals surface area contributed by atoms with Crippen molar-refractivity contribution in [2.75, 3.05) is 13.1 Å². The van der Waals surface area contributed by atoms with Crippen LogP contribution in [0, 0.1) is 0 Å². The van der Waals surface area contributed by atoms with Gasteiger partial charge in [-0.15, -0.1) is 0 Å². The van der Waals surface area contributed by atoms with Gasteiger partial charge in [-0.05, 0) is 41.5 Å².